The predicted octanol–water partition coefficient (Wildman–Crippen LogP) is 6.35. The molecule has 0 fully saturated rings. The first-order valence-electron chi connectivity index (χ1n) is 7.14. The Kier molecular flexibility index (Phi) is 5.72. The van der Waals surface area contributed by atoms with E-state index in [2.05, 4.69) is 54.0 Å². The fraction of sp³-hybridized carbons (Fsp3) is 0.333. The minimum Gasteiger partial charge on any atom is -0.496 e. The van der Waals surface area contributed by atoms with Crippen LogP contribution in [0.1, 0.15) is 47.7 Å². The molecule has 2 aromatic rings. The second-order valence-electron chi connectivity index (χ2n) is 5.22. The molecular formula is C18H20BrClO. The standard InChI is InChI=1S/C18H20BrClO/c1-4-12(2)13-5-7-14(8-6-13)18(19)16-11-15(20)9-10-17(16)21-3/h5-12,18H,4H2,1-3H3. The third-order valence-corrected chi connectivity index (χ3v) is 5.13. The summed E-state index contributed by atoms with van der Waals surface area (Å²) in [7, 11) is 1.68. The van der Waals surface area contributed by atoms with Crippen LogP contribution in [0.4, 0.5) is 0 Å². The van der Waals surface area contributed by atoms with Crippen LogP contribution in [0.5, 0.6) is 5.75 Å². The molecule has 0 saturated heterocycles. The number of rotatable bonds is 5. The SMILES string of the molecule is CCC(C)c1ccc(C(Br)c2cc(Cl)ccc2OC)cc1. The molecule has 2 aromatic carbocycles. The summed E-state index contributed by atoms with van der Waals surface area (Å²) in [5, 5.41) is 0.714. The van der Waals surface area contributed by atoms with Crippen LogP contribution < -0.4 is 4.74 Å². The Morgan fingerprint density at radius 2 is 1.71 bits per heavy atom. The van der Waals surface area contributed by atoms with Gasteiger partial charge in [-0.05, 0) is 41.7 Å². The maximum Gasteiger partial charge on any atom is 0.123 e. The van der Waals surface area contributed by atoms with Gasteiger partial charge in [-0.1, -0.05) is 65.6 Å². The van der Waals surface area contributed by atoms with Crippen LogP contribution >= 0.6 is 27.5 Å². The lowest BCUT2D eigenvalue weighted by atomic mass is 9.96. The number of hydrogen-bond acceptors (Lipinski definition) is 1. The van der Waals surface area contributed by atoms with Crippen LogP contribution in [0.15, 0.2) is 42.5 Å². The first-order chi connectivity index (χ1) is 10.1. The van der Waals surface area contributed by atoms with Crippen molar-refractivity contribution in [2.45, 2.75) is 31.0 Å². The van der Waals surface area contributed by atoms with Crippen molar-refractivity contribution in [3.05, 3.63) is 64.2 Å². The summed E-state index contributed by atoms with van der Waals surface area (Å²) in [6.07, 6.45) is 1.15. The van der Waals surface area contributed by atoms with Gasteiger partial charge in [0.25, 0.3) is 0 Å². The highest BCUT2D eigenvalue weighted by Gasteiger charge is 2.16. The smallest absolute Gasteiger partial charge is 0.123 e. The van der Waals surface area contributed by atoms with Gasteiger partial charge in [0.2, 0.25) is 0 Å². The third kappa shape index (κ3) is 3.81. The van der Waals surface area contributed by atoms with Gasteiger partial charge in [-0.25, -0.2) is 0 Å². The molecule has 0 aliphatic carbocycles. The highest BCUT2D eigenvalue weighted by atomic mass is 79.9. The van der Waals surface area contributed by atoms with Crippen LogP contribution in [-0.4, -0.2) is 7.11 Å². The highest BCUT2D eigenvalue weighted by molar-refractivity contribution is 9.09. The van der Waals surface area contributed by atoms with Crippen molar-refractivity contribution in [3.8, 4) is 5.75 Å². The molecule has 0 spiro atoms. The van der Waals surface area contributed by atoms with Crippen LogP contribution in [0.2, 0.25) is 5.02 Å². The lowest BCUT2D eigenvalue weighted by Crippen LogP contribution is -1.98. The number of alkyl halides is 1. The molecule has 21 heavy (non-hydrogen) atoms. The highest BCUT2D eigenvalue weighted by Crippen LogP contribution is 2.38. The topological polar surface area (TPSA) is 9.23 Å². The Bertz CT molecular complexity index is 595. The molecule has 0 heterocycles. The zero-order valence-electron chi connectivity index (χ0n) is 12.6. The van der Waals surface area contributed by atoms with E-state index in [1.807, 2.05) is 18.2 Å². The lowest BCUT2D eigenvalue weighted by molar-refractivity contribution is 0.410. The minimum absolute atomic E-state index is 0.0668. The van der Waals surface area contributed by atoms with Crippen molar-refractivity contribution in [2.24, 2.45) is 0 Å². The summed E-state index contributed by atoms with van der Waals surface area (Å²) in [4.78, 5) is 0.0668. The second kappa shape index (κ2) is 7.33. The van der Waals surface area contributed by atoms with Crippen molar-refractivity contribution in [3.63, 3.8) is 0 Å². The van der Waals surface area contributed by atoms with E-state index in [-0.39, 0.29) is 4.83 Å². The maximum atomic E-state index is 6.11. The Morgan fingerprint density at radius 3 is 2.29 bits per heavy atom. The number of methoxy groups -OCH3 is 1. The van der Waals surface area contributed by atoms with Gasteiger partial charge in [-0.15, -0.1) is 0 Å². The number of halogens is 2. The summed E-state index contributed by atoms with van der Waals surface area (Å²) >= 11 is 9.87. The minimum atomic E-state index is 0.0668. The predicted molar refractivity (Wildman–Crippen MR) is 93.9 cm³/mol. The largest absolute Gasteiger partial charge is 0.496 e. The van der Waals surface area contributed by atoms with Gasteiger partial charge >= 0.3 is 0 Å². The van der Waals surface area contributed by atoms with Gasteiger partial charge in [0.05, 0.1) is 11.9 Å². The van der Waals surface area contributed by atoms with Crippen molar-refractivity contribution in [1.29, 1.82) is 0 Å². The summed E-state index contributed by atoms with van der Waals surface area (Å²) in [6, 6.07) is 14.4. The quantitative estimate of drug-likeness (QED) is 0.560. The van der Waals surface area contributed by atoms with Gasteiger partial charge in [0.1, 0.15) is 5.75 Å². The van der Waals surface area contributed by atoms with Gasteiger partial charge in [-0.2, -0.15) is 0 Å². The third-order valence-electron chi connectivity index (χ3n) is 3.88. The van der Waals surface area contributed by atoms with Crippen molar-refractivity contribution < 1.29 is 4.74 Å². The van der Waals surface area contributed by atoms with E-state index in [0.717, 1.165) is 17.7 Å². The molecule has 2 rings (SSSR count). The summed E-state index contributed by atoms with van der Waals surface area (Å²) < 4.78 is 5.43. The van der Waals surface area contributed by atoms with Crippen LogP contribution in [0.25, 0.3) is 0 Å². The number of ether oxygens (including phenoxy) is 1. The monoisotopic (exact) mass is 366 g/mol. The summed E-state index contributed by atoms with van der Waals surface area (Å²) in [6.45, 7) is 4.46. The van der Waals surface area contributed by atoms with E-state index < -0.39 is 0 Å². The van der Waals surface area contributed by atoms with Gasteiger partial charge in [-0.3, -0.25) is 0 Å². The molecule has 3 heteroatoms. The van der Waals surface area contributed by atoms with Gasteiger partial charge in [0.15, 0.2) is 0 Å². The molecule has 2 atom stereocenters. The molecule has 0 aromatic heterocycles. The second-order valence-corrected chi connectivity index (χ2v) is 6.58. The molecule has 0 aliphatic heterocycles. The molecule has 1 nitrogen and oxygen atoms in total. The first kappa shape index (κ1) is 16.4. The average molecular weight is 368 g/mol. The Morgan fingerprint density at radius 1 is 1.10 bits per heavy atom. The summed E-state index contributed by atoms with van der Waals surface area (Å²) in [5.41, 5.74) is 3.61. The zero-order valence-corrected chi connectivity index (χ0v) is 14.9. The summed E-state index contributed by atoms with van der Waals surface area (Å²) in [5.74, 6) is 1.43. The Hall–Kier alpha value is -0.990. The molecule has 0 amide bonds. The molecule has 112 valence electrons. The first-order valence-corrected chi connectivity index (χ1v) is 8.43. The maximum absolute atomic E-state index is 6.11. The van der Waals surface area contributed by atoms with E-state index in [4.69, 9.17) is 16.3 Å². The average Bonchev–Trinajstić information content (AvgIpc) is 2.53. The molecule has 2 unspecified atom stereocenters. The number of benzene rings is 2. The fourth-order valence-electron chi connectivity index (χ4n) is 2.31. The molecule has 0 N–H and O–H groups in total. The van der Waals surface area contributed by atoms with Crippen molar-refractivity contribution in [1.82, 2.24) is 0 Å². The number of hydrogen-bond donors (Lipinski definition) is 0. The van der Waals surface area contributed by atoms with Crippen LogP contribution in [-0.2, 0) is 0 Å². The zero-order chi connectivity index (χ0) is 15.4. The van der Waals surface area contributed by atoms with Gasteiger partial charge in [0, 0.05) is 10.6 Å². The molecule has 0 saturated carbocycles. The van der Waals surface area contributed by atoms with Crippen LogP contribution in [0.3, 0.4) is 0 Å². The van der Waals surface area contributed by atoms with Crippen molar-refractivity contribution >= 4 is 27.5 Å². The molecule has 0 radical (unpaired) electrons. The molecular weight excluding hydrogens is 348 g/mol. The van der Waals surface area contributed by atoms with Crippen molar-refractivity contribution in [2.75, 3.05) is 7.11 Å². The lowest BCUT2D eigenvalue weighted by Gasteiger charge is -2.16. The van der Waals surface area contributed by atoms with E-state index in [1.54, 1.807) is 7.11 Å². The Labute approximate surface area is 140 Å². The fourth-order valence-corrected chi connectivity index (χ4v) is 3.16. The Balaban J connectivity index is 2.31. The van der Waals surface area contributed by atoms with E-state index in [9.17, 15) is 0 Å². The van der Waals surface area contributed by atoms with E-state index >= 15 is 0 Å². The molecule has 0 aliphatic rings. The normalized spacial score (nSPS) is 13.8. The molecule has 0 bridgehead atoms. The van der Waals surface area contributed by atoms with E-state index in [0.29, 0.717) is 10.9 Å². The van der Waals surface area contributed by atoms with E-state index in [1.165, 1.54) is 11.1 Å². The van der Waals surface area contributed by atoms with Gasteiger partial charge < -0.3 is 4.74 Å². The van der Waals surface area contributed by atoms with Crippen LogP contribution in [0, 0.1) is 0 Å².